The Bertz CT molecular complexity index is 577. The van der Waals surface area contributed by atoms with E-state index in [1.807, 2.05) is 13.8 Å². The highest BCUT2D eigenvalue weighted by Crippen LogP contribution is 2.28. The molecule has 0 saturated carbocycles. The molecule has 10 nitrogen and oxygen atoms in total. The molecule has 1 N–H and O–H groups in total. The minimum Gasteiger partial charge on any atom is -0.463 e. The summed E-state index contributed by atoms with van der Waals surface area (Å²) in [6, 6.07) is -0.932. The molecule has 0 aromatic heterocycles. The quantitative estimate of drug-likeness (QED) is 0.450. The molecule has 1 heterocycles. The topological polar surface area (TPSA) is 126 Å². The molecule has 1 aliphatic heterocycles. The smallest absolute Gasteiger partial charge is 0.303 e. The van der Waals surface area contributed by atoms with Crippen molar-refractivity contribution in [3.63, 3.8) is 0 Å². The van der Waals surface area contributed by atoms with Gasteiger partial charge in [0.25, 0.3) is 0 Å². The van der Waals surface area contributed by atoms with Crippen LogP contribution < -0.4 is 5.32 Å². The molecular weight excluding hydrogens is 374 g/mol. The van der Waals surface area contributed by atoms with Crippen molar-refractivity contribution in [2.45, 2.75) is 72.2 Å². The fourth-order valence-corrected chi connectivity index (χ4v) is 2.72. The molecule has 160 valence electrons. The van der Waals surface area contributed by atoms with Crippen molar-refractivity contribution in [3.05, 3.63) is 0 Å². The largest absolute Gasteiger partial charge is 0.463 e. The van der Waals surface area contributed by atoms with Gasteiger partial charge in [0.15, 0.2) is 18.5 Å². The van der Waals surface area contributed by atoms with E-state index in [0.717, 1.165) is 0 Å². The molecule has 0 aromatic carbocycles. The van der Waals surface area contributed by atoms with Gasteiger partial charge in [-0.2, -0.15) is 0 Å². The second-order valence-electron chi connectivity index (χ2n) is 6.95. The first kappa shape index (κ1) is 23.8. The van der Waals surface area contributed by atoms with E-state index in [2.05, 4.69) is 5.32 Å². The van der Waals surface area contributed by atoms with Gasteiger partial charge >= 0.3 is 17.9 Å². The predicted octanol–water partition coefficient (Wildman–Crippen LogP) is 0.315. The van der Waals surface area contributed by atoms with Crippen molar-refractivity contribution in [3.8, 4) is 0 Å². The lowest BCUT2D eigenvalue weighted by atomic mass is 9.96. The van der Waals surface area contributed by atoms with Gasteiger partial charge < -0.3 is 29.0 Å². The summed E-state index contributed by atoms with van der Waals surface area (Å²) in [5.74, 6) is -2.11. The molecule has 0 radical (unpaired) electrons. The first-order chi connectivity index (χ1) is 13.0. The summed E-state index contributed by atoms with van der Waals surface area (Å²) in [5, 5.41) is 2.63. The summed E-state index contributed by atoms with van der Waals surface area (Å²) in [6.07, 6.45) is -4.18. The Morgan fingerprint density at radius 2 is 1.50 bits per heavy atom. The maximum absolute atomic E-state index is 11.7. The van der Waals surface area contributed by atoms with E-state index in [1.165, 1.54) is 27.7 Å². The average molecular weight is 403 g/mol. The van der Waals surface area contributed by atoms with Crippen LogP contribution >= 0.6 is 0 Å². The van der Waals surface area contributed by atoms with Crippen LogP contribution in [0.1, 0.15) is 41.5 Å². The number of ether oxygens (including phenoxy) is 5. The number of rotatable bonds is 8. The van der Waals surface area contributed by atoms with E-state index in [4.69, 9.17) is 23.7 Å². The second kappa shape index (κ2) is 11.0. The van der Waals surface area contributed by atoms with E-state index >= 15 is 0 Å². The van der Waals surface area contributed by atoms with Crippen molar-refractivity contribution < 1.29 is 42.9 Å². The summed E-state index contributed by atoms with van der Waals surface area (Å²) in [4.78, 5) is 46.2. The molecule has 1 saturated heterocycles. The van der Waals surface area contributed by atoms with Crippen LogP contribution in [0.3, 0.4) is 0 Å². The Hall–Kier alpha value is -2.20. The fraction of sp³-hybridized carbons (Fsp3) is 0.778. The van der Waals surface area contributed by atoms with Crippen LogP contribution in [0.25, 0.3) is 0 Å². The lowest BCUT2D eigenvalue weighted by Gasteiger charge is -2.45. The molecule has 10 heteroatoms. The van der Waals surface area contributed by atoms with Crippen molar-refractivity contribution in [1.29, 1.82) is 0 Å². The minimum absolute atomic E-state index is 0.159. The van der Waals surface area contributed by atoms with E-state index < -0.39 is 54.5 Å². The normalized spacial score (nSPS) is 27.0. The Kier molecular flexibility index (Phi) is 9.33. The first-order valence-corrected chi connectivity index (χ1v) is 9.03. The number of hydrogen-bond acceptors (Lipinski definition) is 9. The average Bonchev–Trinajstić information content (AvgIpc) is 2.54. The number of amides is 1. The maximum Gasteiger partial charge on any atom is 0.303 e. The molecule has 28 heavy (non-hydrogen) atoms. The van der Waals surface area contributed by atoms with Crippen LogP contribution in [0.4, 0.5) is 0 Å². The molecule has 1 fully saturated rings. The number of nitrogens with one attached hydrogen (secondary N) is 1. The third-order valence-corrected chi connectivity index (χ3v) is 3.67. The monoisotopic (exact) mass is 403 g/mol. The molecule has 0 aromatic rings. The number of carbonyl (C=O) groups excluding carboxylic acids is 4. The van der Waals surface area contributed by atoms with Crippen LogP contribution in [0, 0.1) is 5.92 Å². The van der Waals surface area contributed by atoms with Crippen molar-refractivity contribution in [2.75, 3.05) is 13.2 Å². The summed E-state index contributed by atoms with van der Waals surface area (Å²) in [7, 11) is 0. The molecule has 0 unspecified atom stereocenters. The van der Waals surface area contributed by atoms with Crippen LogP contribution in [-0.2, 0) is 42.9 Å². The summed E-state index contributed by atoms with van der Waals surface area (Å²) in [6.45, 7) is 8.79. The van der Waals surface area contributed by atoms with E-state index in [9.17, 15) is 19.2 Å². The van der Waals surface area contributed by atoms with Gasteiger partial charge in [0.2, 0.25) is 5.91 Å². The van der Waals surface area contributed by atoms with Crippen molar-refractivity contribution in [2.24, 2.45) is 5.92 Å². The zero-order valence-corrected chi connectivity index (χ0v) is 17.1. The van der Waals surface area contributed by atoms with Crippen LogP contribution in [0.2, 0.25) is 0 Å². The van der Waals surface area contributed by atoms with Crippen LogP contribution in [0.5, 0.6) is 0 Å². The number of esters is 3. The zero-order chi connectivity index (χ0) is 21.4. The number of hydrogen-bond donors (Lipinski definition) is 1. The summed E-state index contributed by atoms with van der Waals surface area (Å²) >= 11 is 0. The van der Waals surface area contributed by atoms with Crippen LogP contribution in [0.15, 0.2) is 0 Å². The van der Waals surface area contributed by atoms with Crippen molar-refractivity contribution >= 4 is 23.8 Å². The van der Waals surface area contributed by atoms with Gasteiger partial charge in [0.05, 0.1) is 6.61 Å². The minimum atomic E-state index is -1.11. The third kappa shape index (κ3) is 7.81. The highest BCUT2D eigenvalue weighted by Gasteiger charge is 2.51. The zero-order valence-electron chi connectivity index (χ0n) is 17.1. The molecule has 5 atom stereocenters. The molecular formula is C18H29NO9. The molecule has 1 rings (SSSR count). The van der Waals surface area contributed by atoms with Crippen molar-refractivity contribution in [1.82, 2.24) is 5.32 Å². The summed E-state index contributed by atoms with van der Waals surface area (Å²) in [5.41, 5.74) is 0. The molecule has 0 bridgehead atoms. The van der Waals surface area contributed by atoms with Crippen LogP contribution in [-0.4, -0.2) is 67.7 Å². The Labute approximate surface area is 164 Å². The SMILES string of the molecule is CC(=O)N[C@@H]1[C@@H](OCC(C)C)O[C@@H](COC(C)=O)[C@@H](OC(C)=O)[C@@H]1OC(C)=O. The van der Waals surface area contributed by atoms with Gasteiger partial charge in [0, 0.05) is 27.7 Å². The predicted molar refractivity (Wildman–Crippen MR) is 94.8 cm³/mol. The van der Waals surface area contributed by atoms with Gasteiger partial charge in [-0.25, -0.2) is 0 Å². The van der Waals surface area contributed by atoms with Gasteiger partial charge in [-0.15, -0.1) is 0 Å². The number of carbonyl (C=O) groups is 4. The Morgan fingerprint density at radius 3 is 1.96 bits per heavy atom. The van der Waals surface area contributed by atoms with Gasteiger partial charge in [-0.05, 0) is 5.92 Å². The third-order valence-electron chi connectivity index (χ3n) is 3.67. The Morgan fingerprint density at radius 1 is 0.929 bits per heavy atom. The van der Waals surface area contributed by atoms with E-state index in [-0.39, 0.29) is 12.5 Å². The fourth-order valence-electron chi connectivity index (χ4n) is 2.72. The molecule has 1 aliphatic rings. The van der Waals surface area contributed by atoms with Gasteiger partial charge in [-0.1, -0.05) is 13.8 Å². The van der Waals surface area contributed by atoms with Gasteiger partial charge in [0.1, 0.15) is 18.8 Å². The molecule has 1 amide bonds. The van der Waals surface area contributed by atoms with E-state index in [1.54, 1.807) is 0 Å². The highest BCUT2D eigenvalue weighted by molar-refractivity contribution is 5.73. The molecule has 0 aliphatic carbocycles. The highest BCUT2D eigenvalue weighted by atomic mass is 16.7. The second-order valence-corrected chi connectivity index (χ2v) is 6.95. The molecule has 0 spiro atoms. The lowest BCUT2D eigenvalue weighted by molar-refractivity contribution is -0.279. The first-order valence-electron chi connectivity index (χ1n) is 9.03. The Balaban J connectivity index is 3.24. The summed E-state index contributed by atoms with van der Waals surface area (Å²) < 4.78 is 27.2. The van der Waals surface area contributed by atoms with E-state index in [0.29, 0.717) is 6.61 Å². The standard InChI is InChI=1S/C18H29NO9/c1-9(2)7-25-18-15(19-10(3)20)17(27-13(6)23)16(26-12(5)22)14(28-18)8-24-11(4)21/h9,14-18H,7-8H2,1-6H3,(H,19,20)/t14-,15-,16+,17+,18-/m0/s1. The maximum atomic E-state index is 11.7. The van der Waals surface area contributed by atoms with Gasteiger partial charge in [-0.3, -0.25) is 19.2 Å². The lowest BCUT2D eigenvalue weighted by Crippen LogP contribution is -2.66.